The van der Waals surface area contributed by atoms with Gasteiger partial charge in [0.1, 0.15) is 0 Å². The number of allylic oxidation sites excluding steroid dienone is 3. The van der Waals surface area contributed by atoms with Crippen LogP contribution in [0.5, 0.6) is 0 Å². The SMILES string of the molecule is CC1=C\C=C/N=C(C(F)(F)F)\N=C\1. The summed E-state index contributed by atoms with van der Waals surface area (Å²) >= 11 is 0. The second-order valence-electron chi connectivity index (χ2n) is 2.46. The summed E-state index contributed by atoms with van der Waals surface area (Å²) in [5, 5.41) is 0. The molecule has 1 rings (SSSR count). The van der Waals surface area contributed by atoms with Crippen LogP contribution in [0.15, 0.2) is 33.9 Å². The summed E-state index contributed by atoms with van der Waals surface area (Å²) < 4.78 is 36.3. The fourth-order valence-corrected chi connectivity index (χ4v) is 0.694. The smallest absolute Gasteiger partial charge is 0.233 e. The molecule has 5 heteroatoms. The van der Waals surface area contributed by atoms with Crippen LogP contribution < -0.4 is 0 Å². The lowest BCUT2D eigenvalue weighted by atomic mass is 10.3. The molecule has 2 nitrogen and oxygen atoms in total. The van der Waals surface area contributed by atoms with Gasteiger partial charge in [-0.2, -0.15) is 13.2 Å². The Morgan fingerprint density at radius 3 is 2.62 bits per heavy atom. The molecule has 1 aliphatic rings. The maximum absolute atomic E-state index is 12.1. The summed E-state index contributed by atoms with van der Waals surface area (Å²) in [5.74, 6) is -1.13. The van der Waals surface area contributed by atoms with Gasteiger partial charge < -0.3 is 0 Å². The molecule has 0 aromatic heterocycles. The lowest BCUT2D eigenvalue weighted by Crippen LogP contribution is -2.21. The van der Waals surface area contributed by atoms with Gasteiger partial charge in [-0.1, -0.05) is 6.08 Å². The second kappa shape index (κ2) is 3.55. The Hall–Kier alpha value is -1.39. The van der Waals surface area contributed by atoms with E-state index < -0.39 is 12.0 Å². The van der Waals surface area contributed by atoms with E-state index in [9.17, 15) is 13.2 Å². The van der Waals surface area contributed by atoms with Gasteiger partial charge in [0.2, 0.25) is 5.84 Å². The quantitative estimate of drug-likeness (QED) is 0.558. The van der Waals surface area contributed by atoms with E-state index in [0.29, 0.717) is 5.57 Å². The van der Waals surface area contributed by atoms with E-state index in [1.165, 1.54) is 6.08 Å². The minimum Gasteiger partial charge on any atom is -0.233 e. The fourth-order valence-electron chi connectivity index (χ4n) is 0.694. The summed E-state index contributed by atoms with van der Waals surface area (Å²) in [6.07, 6.45) is 0.781. The van der Waals surface area contributed by atoms with Crippen LogP contribution in [0.2, 0.25) is 0 Å². The third kappa shape index (κ3) is 2.85. The first-order valence-corrected chi connectivity index (χ1v) is 3.52. The van der Waals surface area contributed by atoms with E-state index in [4.69, 9.17) is 0 Å². The van der Waals surface area contributed by atoms with E-state index >= 15 is 0 Å². The van der Waals surface area contributed by atoms with E-state index in [1.54, 1.807) is 13.0 Å². The van der Waals surface area contributed by atoms with Crippen molar-refractivity contribution < 1.29 is 13.2 Å². The Labute approximate surface area is 73.2 Å². The Balaban J connectivity index is 2.96. The molecule has 0 amide bonds. The average Bonchev–Trinajstić information content (AvgIpc) is 1.94. The number of hydrogen-bond donors (Lipinski definition) is 0. The molecule has 13 heavy (non-hydrogen) atoms. The molecule has 1 aliphatic heterocycles. The normalized spacial score (nSPS) is 30.5. The van der Waals surface area contributed by atoms with Crippen LogP contribution in [0, 0.1) is 0 Å². The largest absolute Gasteiger partial charge is 0.451 e. The second-order valence-corrected chi connectivity index (χ2v) is 2.46. The highest BCUT2D eigenvalue weighted by Gasteiger charge is 2.35. The zero-order valence-electron chi connectivity index (χ0n) is 6.84. The van der Waals surface area contributed by atoms with Crippen LogP contribution in [0.25, 0.3) is 0 Å². The number of rotatable bonds is 0. The number of halogens is 3. The van der Waals surface area contributed by atoms with Crippen molar-refractivity contribution in [3.63, 3.8) is 0 Å². The molecule has 0 N–H and O–H groups in total. The van der Waals surface area contributed by atoms with Crippen molar-refractivity contribution in [2.24, 2.45) is 9.98 Å². The van der Waals surface area contributed by atoms with E-state index in [0.717, 1.165) is 12.4 Å². The van der Waals surface area contributed by atoms with Crippen molar-refractivity contribution in [3.8, 4) is 0 Å². The predicted octanol–water partition coefficient (Wildman–Crippen LogP) is 2.49. The molecule has 0 aromatic rings. The summed E-state index contributed by atoms with van der Waals surface area (Å²) in [4.78, 5) is 6.37. The van der Waals surface area contributed by atoms with Crippen LogP contribution in [0.1, 0.15) is 6.92 Å². The van der Waals surface area contributed by atoms with Gasteiger partial charge in [-0.3, -0.25) is 0 Å². The van der Waals surface area contributed by atoms with Crippen LogP contribution >= 0.6 is 0 Å². The molecule has 0 atom stereocenters. The van der Waals surface area contributed by atoms with Gasteiger partial charge >= 0.3 is 6.18 Å². The first-order valence-electron chi connectivity index (χ1n) is 3.52. The van der Waals surface area contributed by atoms with E-state index in [1.807, 2.05) is 0 Å². The summed E-state index contributed by atoms with van der Waals surface area (Å²) in [5.41, 5.74) is 0.646. The third-order valence-electron chi connectivity index (χ3n) is 1.29. The number of alkyl halides is 3. The van der Waals surface area contributed by atoms with Crippen molar-refractivity contribution in [1.29, 1.82) is 0 Å². The van der Waals surface area contributed by atoms with Gasteiger partial charge in [-0.05, 0) is 18.6 Å². The average molecular weight is 188 g/mol. The van der Waals surface area contributed by atoms with Crippen LogP contribution in [-0.2, 0) is 0 Å². The van der Waals surface area contributed by atoms with Gasteiger partial charge in [0.25, 0.3) is 0 Å². The lowest BCUT2D eigenvalue weighted by Gasteiger charge is -2.04. The molecule has 0 unspecified atom stereocenters. The van der Waals surface area contributed by atoms with Crippen LogP contribution in [-0.4, -0.2) is 18.2 Å². The van der Waals surface area contributed by atoms with Crippen molar-refractivity contribution in [1.82, 2.24) is 0 Å². The molecule has 0 fully saturated rings. The standard InChI is InChI=1S/C8H7F3N2/c1-6-3-2-4-12-7(13-5-6)8(9,10)11/h2-5H,1H3/b3-2?,4-2-,6-3+,6-5?,12-4?,12-7-,13-5+,13-7?. The van der Waals surface area contributed by atoms with Gasteiger partial charge in [-0.15, -0.1) is 0 Å². The first-order chi connectivity index (χ1) is 6.00. The van der Waals surface area contributed by atoms with Crippen molar-refractivity contribution in [2.75, 3.05) is 0 Å². The number of aliphatic imine (C=N–C) groups is 2. The molecule has 1 heterocycles. The minimum atomic E-state index is -4.49. The number of nitrogens with zero attached hydrogens (tertiary/aromatic N) is 2. The summed E-state index contributed by atoms with van der Waals surface area (Å²) in [6.45, 7) is 1.66. The van der Waals surface area contributed by atoms with Gasteiger partial charge in [-0.25, -0.2) is 9.98 Å². The fraction of sp³-hybridized carbons (Fsp3) is 0.250. The topological polar surface area (TPSA) is 24.7 Å². The molecule has 70 valence electrons. The zero-order valence-corrected chi connectivity index (χ0v) is 6.84. The third-order valence-corrected chi connectivity index (χ3v) is 1.29. The Bertz CT molecular complexity index is 308. The molecule has 0 aliphatic carbocycles. The van der Waals surface area contributed by atoms with Gasteiger partial charge in [0, 0.05) is 12.4 Å². The Kier molecular flexibility index (Phi) is 2.65. The highest BCUT2D eigenvalue weighted by Crippen LogP contribution is 2.18. The Morgan fingerprint density at radius 1 is 1.31 bits per heavy atom. The molecular formula is C8H7F3N2. The first kappa shape index (κ1) is 9.70. The maximum Gasteiger partial charge on any atom is 0.451 e. The van der Waals surface area contributed by atoms with Crippen LogP contribution in [0.4, 0.5) is 13.2 Å². The predicted molar refractivity (Wildman–Crippen MR) is 44.9 cm³/mol. The van der Waals surface area contributed by atoms with Crippen molar-refractivity contribution in [3.05, 3.63) is 23.9 Å². The van der Waals surface area contributed by atoms with E-state index in [2.05, 4.69) is 9.98 Å². The molecular weight excluding hydrogens is 181 g/mol. The zero-order chi connectivity index (χ0) is 9.90. The lowest BCUT2D eigenvalue weighted by molar-refractivity contribution is -0.0596. The molecule has 0 spiro atoms. The molecule has 0 aromatic carbocycles. The van der Waals surface area contributed by atoms with Crippen molar-refractivity contribution in [2.45, 2.75) is 13.1 Å². The van der Waals surface area contributed by atoms with Gasteiger partial charge in [0.05, 0.1) is 0 Å². The van der Waals surface area contributed by atoms with Crippen molar-refractivity contribution >= 4 is 12.1 Å². The van der Waals surface area contributed by atoms with Gasteiger partial charge in [0.15, 0.2) is 0 Å². The molecule has 0 radical (unpaired) electrons. The monoisotopic (exact) mass is 188 g/mol. The number of hydrogen-bond acceptors (Lipinski definition) is 2. The minimum absolute atomic E-state index is 0.646. The maximum atomic E-state index is 12.1. The highest BCUT2D eigenvalue weighted by atomic mass is 19.4. The number of amidine groups is 1. The summed E-state index contributed by atoms with van der Waals surface area (Å²) in [6, 6.07) is 0. The highest BCUT2D eigenvalue weighted by molar-refractivity contribution is 5.98. The van der Waals surface area contributed by atoms with E-state index in [-0.39, 0.29) is 0 Å². The molecule has 0 saturated heterocycles. The Morgan fingerprint density at radius 2 is 2.00 bits per heavy atom. The molecule has 0 bridgehead atoms. The summed E-state index contributed by atoms with van der Waals surface area (Å²) in [7, 11) is 0. The van der Waals surface area contributed by atoms with Crippen LogP contribution in [0.3, 0.4) is 0 Å². The molecule has 0 saturated carbocycles.